The number of nitrogens with one attached hydrogen (secondary N) is 1. The van der Waals surface area contributed by atoms with Gasteiger partial charge in [-0.2, -0.15) is 5.26 Å². The summed E-state index contributed by atoms with van der Waals surface area (Å²) >= 11 is 5.23. The summed E-state index contributed by atoms with van der Waals surface area (Å²) in [5.74, 6) is -0.380. The molecular formula is C7H9ClN2O. The summed E-state index contributed by atoms with van der Waals surface area (Å²) in [5, 5.41) is 10.9. The van der Waals surface area contributed by atoms with Gasteiger partial charge < -0.3 is 5.32 Å². The highest BCUT2D eigenvalue weighted by Gasteiger charge is 2.00. The third-order valence-corrected chi connectivity index (χ3v) is 1.42. The lowest BCUT2D eigenvalue weighted by molar-refractivity contribution is -0.118. The van der Waals surface area contributed by atoms with Gasteiger partial charge >= 0.3 is 0 Å². The van der Waals surface area contributed by atoms with Crippen LogP contribution in [0.5, 0.6) is 0 Å². The summed E-state index contributed by atoms with van der Waals surface area (Å²) in [6.07, 6.45) is 0. The SMILES string of the molecule is C/C(C#N)=C(\C)NC(=O)CCl. The van der Waals surface area contributed by atoms with E-state index in [-0.39, 0.29) is 11.8 Å². The Morgan fingerprint density at radius 3 is 2.55 bits per heavy atom. The summed E-state index contributed by atoms with van der Waals surface area (Å²) in [6.45, 7) is 3.28. The molecular weight excluding hydrogens is 164 g/mol. The largest absolute Gasteiger partial charge is 0.328 e. The summed E-state index contributed by atoms with van der Waals surface area (Å²) in [4.78, 5) is 10.7. The van der Waals surface area contributed by atoms with Gasteiger partial charge in [-0.25, -0.2) is 0 Å². The lowest BCUT2D eigenvalue weighted by atomic mass is 10.3. The Balaban J connectivity index is 4.19. The normalized spacial score (nSPS) is 11.5. The van der Waals surface area contributed by atoms with Crippen molar-refractivity contribution in [3.8, 4) is 6.07 Å². The fourth-order valence-corrected chi connectivity index (χ4v) is 0.487. The number of alkyl halides is 1. The van der Waals surface area contributed by atoms with Crippen molar-refractivity contribution in [2.45, 2.75) is 13.8 Å². The van der Waals surface area contributed by atoms with E-state index in [0.717, 1.165) is 0 Å². The molecule has 0 aliphatic heterocycles. The third-order valence-electron chi connectivity index (χ3n) is 1.18. The van der Waals surface area contributed by atoms with Crippen molar-refractivity contribution in [3.05, 3.63) is 11.3 Å². The summed E-state index contributed by atoms with van der Waals surface area (Å²) < 4.78 is 0. The molecule has 0 saturated heterocycles. The Hall–Kier alpha value is -1.01. The number of hydrogen-bond acceptors (Lipinski definition) is 2. The number of rotatable bonds is 2. The molecule has 3 nitrogen and oxygen atoms in total. The van der Waals surface area contributed by atoms with Gasteiger partial charge in [0.05, 0.1) is 6.07 Å². The standard InChI is InChI=1S/C7H9ClN2O/c1-5(4-9)6(2)10-7(11)3-8/h3H2,1-2H3,(H,10,11)/b6-5-. The van der Waals surface area contributed by atoms with Crippen LogP contribution >= 0.6 is 11.6 Å². The minimum absolute atomic E-state index is 0.0873. The molecule has 0 radical (unpaired) electrons. The van der Waals surface area contributed by atoms with Gasteiger partial charge in [-0.3, -0.25) is 4.79 Å². The van der Waals surface area contributed by atoms with Gasteiger partial charge in [0.15, 0.2) is 0 Å². The molecule has 0 aromatic heterocycles. The van der Waals surface area contributed by atoms with Crippen molar-refractivity contribution in [2.75, 3.05) is 5.88 Å². The molecule has 0 saturated carbocycles. The van der Waals surface area contributed by atoms with E-state index in [2.05, 4.69) is 5.32 Å². The van der Waals surface area contributed by atoms with Crippen LogP contribution < -0.4 is 5.32 Å². The zero-order chi connectivity index (χ0) is 8.85. The zero-order valence-corrected chi connectivity index (χ0v) is 7.20. The van der Waals surface area contributed by atoms with Crippen LogP contribution in [0.3, 0.4) is 0 Å². The van der Waals surface area contributed by atoms with Crippen molar-refractivity contribution < 1.29 is 4.79 Å². The fraction of sp³-hybridized carbons (Fsp3) is 0.429. The Morgan fingerprint density at radius 1 is 1.64 bits per heavy atom. The average Bonchev–Trinajstić information content (AvgIpc) is 2.02. The van der Waals surface area contributed by atoms with Gasteiger partial charge in [0, 0.05) is 11.3 Å². The van der Waals surface area contributed by atoms with Gasteiger partial charge in [-0.05, 0) is 13.8 Å². The van der Waals surface area contributed by atoms with Crippen molar-refractivity contribution in [3.63, 3.8) is 0 Å². The van der Waals surface area contributed by atoms with E-state index in [9.17, 15) is 4.79 Å². The van der Waals surface area contributed by atoms with E-state index >= 15 is 0 Å². The molecule has 0 rings (SSSR count). The topological polar surface area (TPSA) is 52.9 Å². The number of allylic oxidation sites excluding steroid dienone is 2. The molecule has 1 amide bonds. The molecule has 0 bridgehead atoms. The molecule has 0 fully saturated rings. The van der Waals surface area contributed by atoms with Crippen LogP contribution in [0, 0.1) is 11.3 Å². The van der Waals surface area contributed by atoms with Crippen molar-refractivity contribution >= 4 is 17.5 Å². The second kappa shape index (κ2) is 4.75. The number of amides is 1. The lowest BCUT2D eigenvalue weighted by Gasteiger charge is -2.02. The van der Waals surface area contributed by atoms with Crippen LogP contribution in [0.15, 0.2) is 11.3 Å². The van der Waals surface area contributed by atoms with Crippen LogP contribution in [0.1, 0.15) is 13.8 Å². The quantitative estimate of drug-likeness (QED) is 0.502. The molecule has 0 aromatic carbocycles. The Labute approximate surface area is 70.6 Å². The molecule has 0 unspecified atom stereocenters. The average molecular weight is 173 g/mol. The number of carbonyl (C=O) groups excluding carboxylic acids is 1. The van der Waals surface area contributed by atoms with Crippen LogP contribution in [0.4, 0.5) is 0 Å². The first-order valence-electron chi connectivity index (χ1n) is 3.05. The minimum Gasteiger partial charge on any atom is -0.328 e. The van der Waals surface area contributed by atoms with E-state index in [4.69, 9.17) is 16.9 Å². The number of nitrogens with zero attached hydrogens (tertiary/aromatic N) is 1. The van der Waals surface area contributed by atoms with E-state index in [0.29, 0.717) is 11.3 Å². The minimum atomic E-state index is -0.293. The highest BCUT2D eigenvalue weighted by Crippen LogP contribution is 1.96. The summed E-state index contributed by atoms with van der Waals surface area (Å²) in [6, 6.07) is 1.92. The molecule has 11 heavy (non-hydrogen) atoms. The monoisotopic (exact) mass is 172 g/mol. The Morgan fingerprint density at radius 2 is 2.18 bits per heavy atom. The lowest BCUT2D eigenvalue weighted by Crippen LogP contribution is -2.23. The summed E-state index contributed by atoms with van der Waals surface area (Å²) in [7, 11) is 0. The first-order chi connectivity index (χ1) is 5.11. The Kier molecular flexibility index (Phi) is 4.32. The van der Waals surface area contributed by atoms with Gasteiger partial charge in [-0.1, -0.05) is 0 Å². The first-order valence-corrected chi connectivity index (χ1v) is 3.58. The second-order valence-electron chi connectivity index (χ2n) is 2.04. The molecule has 1 N–H and O–H groups in total. The molecule has 0 atom stereocenters. The molecule has 0 aliphatic rings. The van der Waals surface area contributed by atoms with Crippen molar-refractivity contribution in [1.29, 1.82) is 5.26 Å². The van der Waals surface area contributed by atoms with Crippen LogP contribution in [0.2, 0.25) is 0 Å². The van der Waals surface area contributed by atoms with Gasteiger partial charge in [-0.15, -0.1) is 11.6 Å². The predicted molar refractivity (Wildman–Crippen MR) is 42.8 cm³/mol. The van der Waals surface area contributed by atoms with Crippen LogP contribution in [-0.2, 0) is 4.79 Å². The maximum Gasteiger partial charge on any atom is 0.239 e. The number of nitriles is 1. The maximum atomic E-state index is 10.7. The smallest absolute Gasteiger partial charge is 0.239 e. The van der Waals surface area contributed by atoms with E-state index in [1.807, 2.05) is 6.07 Å². The number of halogens is 1. The van der Waals surface area contributed by atoms with E-state index in [1.165, 1.54) is 0 Å². The highest BCUT2D eigenvalue weighted by atomic mass is 35.5. The number of hydrogen-bond donors (Lipinski definition) is 1. The van der Waals surface area contributed by atoms with Crippen LogP contribution in [-0.4, -0.2) is 11.8 Å². The molecule has 0 aromatic rings. The molecule has 0 heterocycles. The van der Waals surface area contributed by atoms with Gasteiger partial charge in [0.1, 0.15) is 5.88 Å². The molecule has 0 spiro atoms. The number of carbonyl (C=O) groups is 1. The van der Waals surface area contributed by atoms with Crippen LogP contribution in [0.25, 0.3) is 0 Å². The van der Waals surface area contributed by atoms with E-state index in [1.54, 1.807) is 13.8 Å². The molecule has 4 heteroatoms. The Bertz CT molecular complexity index is 227. The van der Waals surface area contributed by atoms with Gasteiger partial charge in [0.2, 0.25) is 5.91 Å². The third kappa shape index (κ3) is 3.64. The molecule has 60 valence electrons. The maximum absolute atomic E-state index is 10.7. The summed E-state index contributed by atoms with van der Waals surface area (Å²) in [5.41, 5.74) is 1.04. The first kappa shape index (κ1) is 9.99. The van der Waals surface area contributed by atoms with Gasteiger partial charge in [0.25, 0.3) is 0 Å². The van der Waals surface area contributed by atoms with E-state index < -0.39 is 0 Å². The second-order valence-corrected chi connectivity index (χ2v) is 2.31. The predicted octanol–water partition coefficient (Wildman–Crippen LogP) is 1.16. The molecule has 0 aliphatic carbocycles. The highest BCUT2D eigenvalue weighted by molar-refractivity contribution is 6.27. The van der Waals surface area contributed by atoms with Crippen molar-refractivity contribution in [2.24, 2.45) is 0 Å². The van der Waals surface area contributed by atoms with Crippen molar-refractivity contribution in [1.82, 2.24) is 5.32 Å². The fourth-order valence-electron chi connectivity index (χ4n) is 0.420. The zero-order valence-electron chi connectivity index (χ0n) is 6.44.